The van der Waals surface area contributed by atoms with Crippen molar-refractivity contribution in [1.82, 2.24) is 0 Å². The fraction of sp³-hybridized carbons (Fsp3) is 0.250. The lowest BCUT2D eigenvalue weighted by molar-refractivity contribution is -0.145. The molecule has 1 heterocycles. The van der Waals surface area contributed by atoms with Crippen molar-refractivity contribution < 1.29 is 19.7 Å². The first-order valence-corrected chi connectivity index (χ1v) is 4.91. The summed E-state index contributed by atoms with van der Waals surface area (Å²) in [5, 5.41) is 15.8. The minimum Gasteiger partial charge on any atom is -0.479 e. The molecule has 1 unspecified atom stereocenters. The second kappa shape index (κ2) is 5.92. The van der Waals surface area contributed by atoms with Gasteiger partial charge < -0.3 is 14.9 Å². The average Bonchev–Trinajstić information content (AvgIpc) is 2.30. The molecule has 16 heavy (non-hydrogen) atoms. The van der Waals surface area contributed by atoms with Crippen molar-refractivity contribution in [2.45, 2.75) is 19.4 Å². The van der Waals surface area contributed by atoms with Gasteiger partial charge in [0.1, 0.15) is 11.9 Å². The quantitative estimate of drug-likeness (QED) is 0.757. The third-order valence-corrected chi connectivity index (χ3v) is 1.96. The van der Waals surface area contributed by atoms with Crippen LogP contribution in [-0.2, 0) is 11.2 Å². The summed E-state index contributed by atoms with van der Waals surface area (Å²) in [5.74, 6) is -0.194. The van der Waals surface area contributed by atoms with Crippen LogP contribution >= 0.6 is 0 Å². The topological polar surface area (TPSA) is 66.8 Å². The molecule has 2 rings (SSSR count). The molecule has 2 N–H and O–H groups in total. The van der Waals surface area contributed by atoms with Crippen LogP contribution in [0, 0.1) is 0 Å². The van der Waals surface area contributed by atoms with Crippen LogP contribution in [0.1, 0.15) is 12.5 Å². The first-order valence-electron chi connectivity index (χ1n) is 4.91. The maximum absolute atomic E-state index is 9.45. The van der Waals surface area contributed by atoms with Crippen LogP contribution in [-0.4, -0.2) is 22.3 Å². The Morgan fingerprint density at radius 3 is 2.62 bits per heavy atom. The standard InChI is InChI=1S/C9H8O.C3H6O3/c1-2-6-9-8(4-1)5-3-7-10-9;1-2(4)3(5)6/h1-4,6-7H,5H2;2,4H,1H3,(H,5,6). The first-order chi connectivity index (χ1) is 7.61. The fourth-order valence-corrected chi connectivity index (χ4v) is 1.08. The first kappa shape index (κ1) is 12.3. The molecule has 0 spiro atoms. The van der Waals surface area contributed by atoms with Gasteiger partial charge >= 0.3 is 5.97 Å². The minimum atomic E-state index is -1.23. The number of allylic oxidation sites excluding steroid dienone is 1. The van der Waals surface area contributed by atoms with E-state index in [2.05, 4.69) is 6.07 Å². The molecule has 1 aliphatic rings. The van der Waals surface area contributed by atoms with Crippen molar-refractivity contribution in [3.8, 4) is 5.75 Å². The zero-order valence-corrected chi connectivity index (χ0v) is 8.96. The predicted molar refractivity (Wildman–Crippen MR) is 59.2 cm³/mol. The number of rotatable bonds is 1. The zero-order valence-electron chi connectivity index (χ0n) is 8.96. The summed E-state index contributed by atoms with van der Waals surface area (Å²) in [6, 6.07) is 8.08. The van der Waals surface area contributed by atoms with Gasteiger partial charge in [0, 0.05) is 0 Å². The number of aliphatic hydroxyl groups excluding tert-OH is 1. The minimum absolute atomic E-state index is 0.991. The van der Waals surface area contributed by atoms with E-state index in [1.165, 1.54) is 12.5 Å². The maximum Gasteiger partial charge on any atom is 0.332 e. The van der Waals surface area contributed by atoms with Crippen LogP contribution in [0.4, 0.5) is 0 Å². The van der Waals surface area contributed by atoms with E-state index in [1.807, 2.05) is 24.3 Å². The lowest BCUT2D eigenvalue weighted by Crippen LogP contribution is -2.13. The smallest absolute Gasteiger partial charge is 0.332 e. The van der Waals surface area contributed by atoms with Gasteiger partial charge in [0.15, 0.2) is 0 Å². The molecule has 1 atom stereocenters. The Labute approximate surface area is 93.8 Å². The number of carbonyl (C=O) groups is 1. The van der Waals surface area contributed by atoms with Crippen molar-refractivity contribution in [2.24, 2.45) is 0 Å². The molecule has 0 bridgehead atoms. The number of benzene rings is 1. The fourth-order valence-electron chi connectivity index (χ4n) is 1.08. The van der Waals surface area contributed by atoms with E-state index < -0.39 is 12.1 Å². The molecule has 4 heteroatoms. The number of fused-ring (bicyclic) bond motifs is 1. The summed E-state index contributed by atoms with van der Waals surface area (Å²) in [4.78, 5) is 9.45. The van der Waals surface area contributed by atoms with Crippen LogP contribution in [0.5, 0.6) is 5.75 Å². The van der Waals surface area contributed by atoms with E-state index in [-0.39, 0.29) is 0 Å². The zero-order chi connectivity index (χ0) is 12.0. The lowest BCUT2D eigenvalue weighted by atomic mass is 10.1. The number of hydrogen-bond donors (Lipinski definition) is 2. The summed E-state index contributed by atoms with van der Waals surface area (Å²) in [5.41, 5.74) is 1.27. The number of ether oxygens (including phenoxy) is 1. The summed E-state index contributed by atoms with van der Waals surface area (Å²) in [6.45, 7) is 1.20. The molecule has 0 saturated carbocycles. The van der Waals surface area contributed by atoms with Gasteiger partial charge in [0.2, 0.25) is 0 Å². The summed E-state index contributed by atoms with van der Waals surface area (Å²) in [7, 11) is 0. The summed E-state index contributed by atoms with van der Waals surface area (Å²) < 4.78 is 5.24. The molecule has 0 amide bonds. The van der Waals surface area contributed by atoms with Gasteiger partial charge in [-0.25, -0.2) is 4.79 Å². The lowest BCUT2D eigenvalue weighted by Gasteiger charge is -2.09. The molecule has 1 aromatic rings. The molecular formula is C12H14O4. The highest BCUT2D eigenvalue weighted by Crippen LogP contribution is 2.21. The van der Waals surface area contributed by atoms with E-state index in [9.17, 15) is 4.79 Å². The monoisotopic (exact) mass is 222 g/mol. The van der Waals surface area contributed by atoms with Gasteiger partial charge in [-0.15, -0.1) is 0 Å². The second-order valence-corrected chi connectivity index (χ2v) is 3.32. The van der Waals surface area contributed by atoms with Crippen LogP contribution in [0.3, 0.4) is 0 Å². The van der Waals surface area contributed by atoms with Crippen LogP contribution in [0.25, 0.3) is 0 Å². The molecule has 0 saturated heterocycles. The number of carboxylic acids is 1. The normalized spacial score (nSPS) is 13.9. The number of aliphatic hydroxyl groups is 1. The molecule has 86 valence electrons. The molecule has 1 aromatic carbocycles. The Bertz CT molecular complexity index is 355. The van der Waals surface area contributed by atoms with Gasteiger partial charge in [0.05, 0.1) is 6.26 Å². The third kappa shape index (κ3) is 3.74. The highest BCUT2D eigenvalue weighted by Gasteiger charge is 2.02. The van der Waals surface area contributed by atoms with E-state index in [1.54, 1.807) is 6.26 Å². The number of para-hydroxylation sites is 1. The Morgan fingerprint density at radius 2 is 2.06 bits per heavy atom. The van der Waals surface area contributed by atoms with Crippen LogP contribution in [0.2, 0.25) is 0 Å². The summed E-state index contributed by atoms with van der Waals surface area (Å²) >= 11 is 0. The van der Waals surface area contributed by atoms with Gasteiger partial charge in [-0.05, 0) is 31.1 Å². The van der Waals surface area contributed by atoms with Crippen molar-refractivity contribution in [3.63, 3.8) is 0 Å². The van der Waals surface area contributed by atoms with E-state index in [4.69, 9.17) is 14.9 Å². The highest BCUT2D eigenvalue weighted by atomic mass is 16.5. The molecule has 0 aromatic heterocycles. The Hall–Kier alpha value is -1.81. The largest absolute Gasteiger partial charge is 0.479 e. The van der Waals surface area contributed by atoms with Crippen molar-refractivity contribution >= 4 is 5.97 Å². The van der Waals surface area contributed by atoms with Gasteiger partial charge in [-0.2, -0.15) is 0 Å². The van der Waals surface area contributed by atoms with E-state index in [0.29, 0.717) is 0 Å². The number of hydrogen-bond acceptors (Lipinski definition) is 3. The van der Waals surface area contributed by atoms with Crippen molar-refractivity contribution in [3.05, 3.63) is 42.2 Å². The van der Waals surface area contributed by atoms with Crippen LogP contribution < -0.4 is 4.74 Å². The van der Waals surface area contributed by atoms with E-state index >= 15 is 0 Å². The average molecular weight is 222 g/mol. The highest BCUT2D eigenvalue weighted by molar-refractivity contribution is 5.71. The predicted octanol–water partition coefficient (Wildman–Crippen LogP) is 1.59. The molecule has 1 aliphatic heterocycles. The molecule has 4 nitrogen and oxygen atoms in total. The molecular weight excluding hydrogens is 208 g/mol. The molecule has 0 fully saturated rings. The van der Waals surface area contributed by atoms with Gasteiger partial charge in [-0.1, -0.05) is 18.2 Å². The third-order valence-electron chi connectivity index (χ3n) is 1.96. The Kier molecular flexibility index (Phi) is 4.54. The number of aliphatic carboxylic acids is 1. The molecule has 0 radical (unpaired) electrons. The van der Waals surface area contributed by atoms with Gasteiger partial charge in [0.25, 0.3) is 0 Å². The number of carboxylic acid groups (broad SMARTS) is 1. The van der Waals surface area contributed by atoms with E-state index in [0.717, 1.165) is 12.2 Å². The Balaban J connectivity index is 0.000000187. The Morgan fingerprint density at radius 1 is 1.44 bits per heavy atom. The summed E-state index contributed by atoms with van der Waals surface area (Å²) in [6.07, 6.45) is 3.52. The van der Waals surface area contributed by atoms with Crippen molar-refractivity contribution in [1.29, 1.82) is 0 Å². The molecule has 0 aliphatic carbocycles. The second-order valence-electron chi connectivity index (χ2n) is 3.32. The maximum atomic E-state index is 9.45. The van der Waals surface area contributed by atoms with Crippen LogP contribution in [0.15, 0.2) is 36.6 Å². The van der Waals surface area contributed by atoms with Crippen molar-refractivity contribution in [2.75, 3.05) is 0 Å². The SMILES string of the molecule is C1=COc2ccccc2C1.CC(O)C(=O)O. The van der Waals surface area contributed by atoms with Gasteiger partial charge in [-0.3, -0.25) is 0 Å².